The third-order valence-corrected chi connectivity index (χ3v) is 3.96. The van der Waals surface area contributed by atoms with Crippen molar-refractivity contribution in [2.75, 3.05) is 11.1 Å². The molecule has 3 rings (SSSR count). The summed E-state index contributed by atoms with van der Waals surface area (Å²) in [7, 11) is 0. The van der Waals surface area contributed by atoms with Gasteiger partial charge in [-0.25, -0.2) is 4.39 Å². The second-order valence-corrected chi connectivity index (χ2v) is 6.04. The maximum Gasteiger partial charge on any atom is 0.255 e. The van der Waals surface area contributed by atoms with Crippen LogP contribution >= 0.6 is 0 Å². The number of anilines is 2. The molecule has 2 aromatic carbocycles. The monoisotopic (exact) mass is 338 g/mol. The van der Waals surface area contributed by atoms with Crippen LogP contribution in [0.5, 0.6) is 0 Å². The molecule has 0 saturated carbocycles. The van der Waals surface area contributed by atoms with Gasteiger partial charge < -0.3 is 11.1 Å². The van der Waals surface area contributed by atoms with E-state index >= 15 is 0 Å². The number of carbonyl (C=O) groups is 1. The summed E-state index contributed by atoms with van der Waals surface area (Å²) in [4.78, 5) is 12.4. The topological polar surface area (TPSA) is 72.9 Å². The molecule has 128 valence electrons. The Kier molecular flexibility index (Phi) is 4.52. The Morgan fingerprint density at radius 3 is 2.72 bits per heavy atom. The molecule has 1 heterocycles. The van der Waals surface area contributed by atoms with Gasteiger partial charge in [-0.2, -0.15) is 5.10 Å². The van der Waals surface area contributed by atoms with Gasteiger partial charge in [0.2, 0.25) is 0 Å². The molecule has 0 aliphatic rings. The molecule has 0 aliphatic heterocycles. The Bertz CT molecular complexity index is 933. The highest BCUT2D eigenvalue weighted by Gasteiger charge is 2.11. The zero-order valence-electron chi connectivity index (χ0n) is 14.1. The van der Waals surface area contributed by atoms with Crippen LogP contribution in [-0.4, -0.2) is 15.7 Å². The van der Waals surface area contributed by atoms with Crippen LogP contribution in [0.15, 0.2) is 48.8 Å². The molecule has 25 heavy (non-hydrogen) atoms. The molecule has 5 nitrogen and oxygen atoms in total. The van der Waals surface area contributed by atoms with E-state index in [0.717, 1.165) is 16.7 Å². The SMILES string of the molecule is Cc1cnn(Cc2ccc(C(=O)Nc3cc(F)ccc3N)cc2C)c1. The van der Waals surface area contributed by atoms with Crippen LogP contribution in [0.2, 0.25) is 0 Å². The van der Waals surface area contributed by atoms with Crippen LogP contribution < -0.4 is 11.1 Å². The number of nitrogens with two attached hydrogens (primary N) is 1. The van der Waals surface area contributed by atoms with Gasteiger partial charge in [-0.05, 0) is 60.9 Å². The molecular weight excluding hydrogens is 319 g/mol. The highest BCUT2D eigenvalue weighted by atomic mass is 19.1. The summed E-state index contributed by atoms with van der Waals surface area (Å²) in [6.07, 6.45) is 3.77. The third kappa shape index (κ3) is 3.85. The van der Waals surface area contributed by atoms with Gasteiger partial charge in [0.05, 0.1) is 24.1 Å². The number of hydrogen-bond donors (Lipinski definition) is 2. The van der Waals surface area contributed by atoms with Crippen molar-refractivity contribution in [1.29, 1.82) is 0 Å². The first-order chi connectivity index (χ1) is 11.9. The predicted octanol–water partition coefficient (Wildman–Crippen LogP) is 3.52. The van der Waals surface area contributed by atoms with E-state index < -0.39 is 5.82 Å². The van der Waals surface area contributed by atoms with Crippen molar-refractivity contribution in [3.05, 3.63) is 76.9 Å². The molecule has 1 aromatic heterocycles. The summed E-state index contributed by atoms with van der Waals surface area (Å²) in [6, 6.07) is 9.32. The molecule has 0 aliphatic carbocycles. The average molecular weight is 338 g/mol. The van der Waals surface area contributed by atoms with Gasteiger partial charge in [-0.15, -0.1) is 0 Å². The summed E-state index contributed by atoms with van der Waals surface area (Å²) >= 11 is 0. The van der Waals surface area contributed by atoms with Crippen molar-refractivity contribution >= 4 is 17.3 Å². The molecule has 0 spiro atoms. The van der Waals surface area contributed by atoms with Crippen LogP contribution in [0.4, 0.5) is 15.8 Å². The van der Waals surface area contributed by atoms with Gasteiger partial charge >= 0.3 is 0 Å². The highest BCUT2D eigenvalue weighted by Crippen LogP contribution is 2.21. The molecule has 0 atom stereocenters. The summed E-state index contributed by atoms with van der Waals surface area (Å²) in [6.45, 7) is 4.57. The van der Waals surface area contributed by atoms with Gasteiger partial charge in [0.15, 0.2) is 0 Å². The predicted molar refractivity (Wildman–Crippen MR) is 96.0 cm³/mol. The van der Waals surface area contributed by atoms with E-state index in [1.54, 1.807) is 18.3 Å². The van der Waals surface area contributed by atoms with E-state index in [4.69, 9.17) is 5.73 Å². The van der Waals surface area contributed by atoms with Gasteiger partial charge in [0.25, 0.3) is 5.91 Å². The van der Waals surface area contributed by atoms with Crippen molar-refractivity contribution in [2.45, 2.75) is 20.4 Å². The smallest absolute Gasteiger partial charge is 0.255 e. The number of amides is 1. The van der Waals surface area contributed by atoms with Gasteiger partial charge in [0, 0.05) is 11.8 Å². The van der Waals surface area contributed by atoms with E-state index in [1.165, 1.54) is 18.2 Å². The molecule has 0 unspecified atom stereocenters. The van der Waals surface area contributed by atoms with Crippen LogP contribution in [0, 0.1) is 19.7 Å². The number of nitrogens with one attached hydrogen (secondary N) is 1. The molecule has 0 saturated heterocycles. The second-order valence-electron chi connectivity index (χ2n) is 6.04. The minimum Gasteiger partial charge on any atom is -0.397 e. The minimum absolute atomic E-state index is 0.263. The van der Waals surface area contributed by atoms with E-state index in [0.29, 0.717) is 17.8 Å². The first kappa shape index (κ1) is 16.7. The summed E-state index contributed by atoms with van der Waals surface area (Å²) < 4.78 is 15.2. The molecule has 1 amide bonds. The highest BCUT2D eigenvalue weighted by molar-refractivity contribution is 6.05. The van der Waals surface area contributed by atoms with Crippen molar-refractivity contribution in [3.8, 4) is 0 Å². The number of nitrogens with zero attached hydrogens (tertiary/aromatic N) is 2. The van der Waals surface area contributed by atoms with Crippen LogP contribution in [0.3, 0.4) is 0 Å². The maximum atomic E-state index is 13.3. The van der Waals surface area contributed by atoms with E-state index in [1.807, 2.05) is 30.8 Å². The fraction of sp³-hybridized carbons (Fsp3) is 0.158. The van der Waals surface area contributed by atoms with Crippen LogP contribution in [0.1, 0.15) is 27.0 Å². The molecule has 3 N–H and O–H groups in total. The van der Waals surface area contributed by atoms with Crippen LogP contribution in [0.25, 0.3) is 0 Å². The fourth-order valence-corrected chi connectivity index (χ4v) is 2.57. The van der Waals surface area contributed by atoms with E-state index in [-0.39, 0.29) is 11.6 Å². The average Bonchev–Trinajstić information content (AvgIpc) is 2.98. The Hall–Kier alpha value is -3.15. The lowest BCUT2D eigenvalue weighted by atomic mass is 10.0. The number of rotatable bonds is 4. The molecule has 0 bridgehead atoms. The number of aryl methyl sites for hydroxylation is 2. The lowest BCUT2D eigenvalue weighted by molar-refractivity contribution is 0.102. The Morgan fingerprint density at radius 1 is 1.24 bits per heavy atom. The van der Waals surface area contributed by atoms with Gasteiger partial charge in [-0.3, -0.25) is 9.48 Å². The number of hydrogen-bond acceptors (Lipinski definition) is 3. The van der Waals surface area contributed by atoms with Crippen molar-refractivity contribution in [2.24, 2.45) is 0 Å². The third-order valence-electron chi connectivity index (χ3n) is 3.96. The first-order valence-corrected chi connectivity index (χ1v) is 7.87. The summed E-state index contributed by atoms with van der Waals surface area (Å²) in [5.41, 5.74) is 9.99. The fourth-order valence-electron chi connectivity index (χ4n) is 2.57. The van der Waals surface area contributed by atoms with Gasteiger partial charge in [-0.1, -0.05) is 6.07 Å². The second kappa shape index (κ2) is 6.76. The van der Waals surface area contributed by atoms with E-state index in [9.17, 15) is 9.18 Å². The lowest BCUT2D eigenvalue weighted by Gasteiger charge is -2.11. The van der Waals surface area contributed by atoms with Crippen LogP contribution in [-0.2, 0) is 6.54 Å². The van der Waals surface area contributed by atoms with E-state index in [2.05, 4.69) is 10.4 Å². The maximum absolute atomic E-state index is 13.3. The molecule has 0 fully saturated rings. The Morgan fingerprint density at radius 2 is 2.04 bits per heavy atom. The first-order valence-electron chi connectivity index (χ1n) is 7.87. The number of nitrogen functional groups attached to an aromatic ring is 1. The van der Waals surface area contributed by atoms with Crippen molar-refractivity contribution in [1.82, 2.24) is 9.78 Å². The summed E-state index contributed by atoms with van der Waals surface area (Å²) in [5.74, 6) is -0.785. The zero-order valence-corrected chi connectivity index (χ0v) is 14.1. The normalized spacial score (nSPS) is 10.7. The largest absolute Gasteiger partial charge is 0.397 e. The minimum atomic E-state index is -0.453. The Balaban J connectivity index is 1.77. The number of aromatic nitrogens is 2. The molecule has 6 heteroatoms. The Labute approximate surface area is 145 Å². The molecular formula is C19H19FN4O. The molecule has 3 aromatic rings. The number of halogens is 1. The van der Waals surface area contributed by atoms with Gasteiger partial charge in [0.1, 0.15) is 5.82 Å². The standard InChI is InChI=1S/C19H19FN4O/c1-12-9-22-24(10-12)11-15-4-3-14(7-13(15)2)19(25)23-18-8-16(20)5-6-17(18)21/h3-10H,11,21H2,1-2H3,(H,23,25). The van der Waals surface area contributed by atoms with Crippen molar-refractivity contribution < 1.29 is 9.18 Å². The number of benzene rings is 2. The molecule has 0 radical (unpaired) electrons. The quantitative estimate of drug-likeness (QED) is 0.715. The zero-order chi connectivity index (χ0) is 18.0. The number of carbonyl (C=O) groups excluding carboxylic acids is 1. The lowest BCUT2D eigenvalue weighted by Crippen LogP contribution is -2.14. The van der Waals surface area contributed by atoms with Crippen molar-refractivity contribution in [3.63, 3.8) is 0 Å². The summed E-state index contributed by atoms with van der Waals surface area (Å²) in [5, 5.41) is 6.92.